The Morgan fingerprint density at radius 1 is 1.22 bits per heavy atom. The fourth-order valence-corrected chi connectivity index (χ4v) is 1.88. The number of anilines is 1. The molecular formula is C12H12F3N3. The highest BCUT2D eigenvalue weighted by atomic mass is 19.4. The second-order valence-corrected chi connectivity index (χ2v) is 4.20. The maximum atomic E-state index is 12.8. The molecule has 0 bridgehead atoms. The molecule has 0 atom stereocenters. The van der Waals surface area contributed by atoms with Gasteiger partial charge in [-0.3, -0.25) is 4.68 Å². The second-order valence-electron chi connectivity index (χ2n) is 4.20. The lowest BCUT2D eigenvalue weighted by Crippen LogP contribution is -2.08. The first kappa shape index (κ1) is 12.5. The van der Waals surface area contributed by atoms with Crippen molar-refractivity contribution in [1.82, 2.24) is 9.78 Å². The normalized spacial score (nSPS) is 11.8. The molecule has 2 rings (SSSR count). The number of alkyl halides is 3. The van der Waals surface area contributed by atoms with Gasteiger partial charge in [0.15, 0.2) is 5.69 Å². The number of hydrogen-bond acceptors (Lipinski definition) is 2. The van der Waals surface area contributed by atoms with Crippen LogP contribution >= 0.6 is 0 Å². The average Bonchev–Trinajstić information content (AvgIpc) is 2.58. The molecule has 0 aliphatic carbocycles. The third-order valence-electron chi connectivity index (χ3n) is 2.51. The Hall–Kier alpha value is -1.98. The van der Waals surface area contributed by atoms with E-state index in [2.05, 4.69) is 5.10 Å². The molecule has 0 amide bonds. The molecule has 2 N–H and O–H groups in total. The molecule has 0 radical (unpaired) electrons. The Morgan fingerprint density at radius 2 is 1.89 bits per heavy atom. The third-order valence-corrected chi connectivity index (χ3v) is 2.51. The number of halogens is 3. The van der Waals surface area contributed by atoms with Gasteiger partial charge >= 0.3 is 6.18 Å². The maximum Gasteiger partial charge on any atom is 0.435 e. The number of nitrogen functional groups attached to an aromatic ring is 1. The standard InChI is InChI=1S/C12H12F3N3/c1-7-3-8(5-9(16)4-7)10-6-18(2)17-11(10)12(13,14)15/h3-6H,16H2,1-2H3. The first-order valence-electron chi connectivity index (χ1n) is 5.26. The van der Waals surface area contributed by atoms with Crippen LogP contribution in [0.3, 0.4) is 0 Å². The minimum Gasteiger partial charge on any atom is -0.399 e. The quantitative estimate of drug-likeness (QED) is 0.796. The number of aromatic nitrogens is 2. The molecule has 96 valence electrons. The van der Waals surface area contributed by atoms with Crippen molar-refractivity contribution < 1.29 is 13.2 Å². The summed E-state index contributed by atoms with van der Waals surface area (Å²) in [5.41, 5.74) is 6.47. The fourth-order valence-electron chi connectivity index (χ4n) is 1.88. The summed E-state index contributed by atoms with van der Waals surface area (Å²) in [6.45, 7) is 1.78. The van der Waals surface area contributed by atoms with Crippen molar-refractivity contribution in [1.29, 1.82) is 0 Å². The number of nitrogens with zero attached hydrogens (tertiary/aromatic N) is 2. The molecule has 0 spiro atoms. The van der Waals surface area contributed by atoms with Gasteiger partial charge in [-0.2, -0.15) is 18.3 Å². The molecule has 1 aromatic carbocycles. The zero-order chi connectivity index (χ0) is 13.5. The van der Waals surface area contributed by atoms with Crippen LogP contribution in [0.5, 0.6) is 0 Å². The van der Waals surface area contributed by atoms with Crippen LogP contribution in [0.15, 0.2) is 24.4 Å². The van der Waals surface area contributed by atoms with Gasteiger partial charge in [0, 0.05) is 24.5 Å². The van der Waals surface area contributed by atoms with Crippen molar-refractivity contribution >= 4 is 5.69 Å². The molecule has 6 heteroatoms. The number of hydrogen-bond donors (Lipinski definition) is 1. The predicted molar refractivity (Wildman–Crippen MR) is 62.8 cm³/mol. The highest BCUT2D eigenvalue weighted by Gasteiger charge is 2.37. The Kier molecular flexibility index (Phi) is 2.80. The molecule has 0 saturated carbocycles. The van der Waals surface area contributed by atoms with Gasteiger partial charge in [0.2, 0.25) is 0 Å². The summed E-state index contributed by atoms with van der Waals surface area (Å²) < 4.78 is 39.7. The van der Waals surface area contributed by atoms with E-state index in [4.69, 9.17) is 5.73 Å². The largest absolute Gasteiger partial charge is 0.435 e. The van der Waals surface area contributed by atoms with Crippen LogP contribution in [0.25, 0.3) is 11.1 Å². The van der Waals surface area contributed by atoms with Crippen LogP contribution in [0.4, 0.5) is 18.9 Å². The van der Waals surface area contributed by atoms with E-state index in [9.17, 15) is 13.2 Å². The SMILES string of the molecule is Cc1cc(N)cc(-c2cn(C)nc2C(F)(F)F)c1. The lowest BCUT2D eigenvalue weighted by Gasteiger charge is -2.07. The summed E-state index contributed by atoms with van der Waals surface area (Å²) in [5, 5.41) is 3.47. The van der Waals surface area contributed by atoms with E-state index < -0.39 is 11.9 Å². The smallest absolute Gasteiger partial charge is 0.399 e. The van der Waals surface area contributed by atoms with Crippen molar-refractivity contribution in [2.24, 2.45) is 7.05 Å². The van der Waals surface area contributed by atoms with Crippen molar-refractivity contribution in [2.75, 3.05) is 5.73 Å². The summed E-state index contributed by atoms with van der Waals surface area (Å²) in [7, 11) is 1.46. The maximum absolute atomic E-state index is 12.8. The van der Waals surface area contributed by atoms with Crippen LogP contribution in [-0.2, 0) is 13.2 Å². The highest BCUT2D eigenvalue weighted by Crippen LogP contribution is 2.36. The number of rotatable bonds is 1. The van der Waals surface area contributed by atoms with E-state index in [0.29, 0.717) is 11.3 Å². The number of benzene rings is 1. The monoisotopic (exact) mass is 255 g/mol. The van der Waals surface area contributed by atoms with Gasteiger partial charge in [-0.15, -0.1) is 0 Å². The lowest BCUT2D eigenvalue weighted by atomic mass is 10.0. The molecule has 0 aliphatic rings. The van der Waals surface area contributed by atoms with Crippen LogP contribution in [-0.4, -0.2) is 9.78 Å². The Labute approximate surface area is 102 Å². The zero-order valence-corrected chi connectivity index (χ0v) is 9.92. The van der Waals surface area contributed by atoms with Crippen LogP contribution in [0.1, 0.15) is 11.3 Å². The molecule has 1 heterocycles. The fraction of sp³-hybridized carbons (Fsp3) is 0.250. The molecule has 18 heavy (non-hydrogen) atoms. The predicted octanol–water partition coefficient (Wildman–Crippen LogP) is 3.00. The highest BCUT2D eigenvalue weighted by molar-refractivity contribution is 5.70. The van der Waals surface area contributed by atoms with Gasteiger partial charge in [-0.25, -0.2) is 0 Å². The Bertz CT molecular complexity index is 564. The zero-order valence-electron chi connectivity index (χ0n) is 9.92. The van der Waals surface area contributed by atoms with Crippen molar-refractivity contribution in [3.63, 3.8) is 0 Å². The topological polar surface area (TPSA) is 43.8 Å². The second kappa shape index (κ2) is 4.04. The molecule has 0 fully saturated rings. The van der Waals surface area contributed by atoms with Crippen molar-refractivity contribution in [2.45, 2.75) is 13.1 Å². The van der Waals surface area contributed by atoms with Crippen molar-refractivity contribution in [3.8, 4) is 11.1 Å². The first-order chi connectivity index (χ1) is 8.27. The first-order valence-corrected chi connectivity index (χ1v) is 5.26. The minimum absolute atomic E-state index is 0.0420. The summed E-state index contributed by atoms with van der Waals surface area (Å²) >= 11 is 0. The van der Waals surface area contributed by atoms with E-state index in [0.717, 1.165) is 10.2 Å². The van der Waals surface area contributed by atoms with Gasteiger partial charge < -0.3 is 5.73 Å². The van der Waals surface area contributed by atoms with Gasteiger partial charge in [0.1, 0.15) is 0 Å². The van der Waals surface area contributed by atoms with E-state index >= 15 is 0 Å². The van der Waals surface area contributed by atoms with E-state index in [1.165, 1.54) is 19.3 Å². The molecule has 0 aliphatic heterocycles. The number of aryl methyl sites for hydroxylation is 2. The molecule has 2 aromatic rings. The summed E-state index contributed by atoms with van der Waals surface area (Å²) in [5.74, 6) is 0. The molecule has 1 aromatic heterocycles. The summed E-state index contributed by atoms with van der Waals surface area (Å²) in [4.78, 5) is 0. The van der Waals surface area contributed by atoms with Crippen LogP contribution in [0.2, 0.25) is 0 Å². The lowest BCUT2D eigenvalue weighted by molar-refractivity contribution is -0.140. The third kappa shape index (κ3) is 2.32. The Balaban J connectivity index is 2.63. The van der Waals surface area contributed by atoms with Gasteiger partial charge in [-0.1, -0.05) is 6.07 Å². The van der Waals surface area contributed by atoms with Gasteiger partial charge in [-0.05, 0) is 30.2 Å². The molecule has 3 nitrogen and oxygen atoms in total. The summed E-state index contributed by atoms with van der Waals surface area (Å²) in [6.07, 6.45) is -3.13. The Morgan fingerprint density at radius 3 is 2.44 bits per heavy atom. The summed E-state index contributed by atoms with van der Waals surface area (Å²) in [6, 6.07) is 4.87. The van der Waals surface area contributed by atoms with E-state index in [1.807, 2.05) is 0 Å². The average molecular weight is 255 g/mol. The van der Waals surface area contributed by atoms with E-state index in [-0.39, 0.29) is 5.56 Å². The molecule has 0 unspecified atom stereocenters. The van der Waals surface area contributed by atoms with Gasteiger partial charge in [0.05, 0.1) is 0 Å². The minimum atomic E-state index is -4.48. The molecular weight excluding hydrogens is 243 g/mol. The molecule has 0 saturated heterocycles. The van der Waals surface area contributed by atoms with Crippen molar-refractivity contribution in [3.05, 3.63) is 35.7 Å². The number of nitrogens with two attached hydrogens (primary N) is 1. The van der Waals surface area contributed by atoms with Crippen LogP contribution in [0, 0.1) is 6.92 Å². The van der Waals surface area contributed by atoms with Crippen LogP contribution < -0.4 is 5.73 Å². The van der Waals surface area contributed by atoms with E-state index in [1.54, 1.807) is 19.1 Å². The van der Waals surface area contributed by atoms with Gasteiger partial charge in [0.25, 0.3) is 0 Å².